The van der Waals surface area contributed by atoms with Crippen LogP contribution in [0.5, 0.6) is 0 Å². The first kappa shape index (κ1) is 21.0. The first-order valence-electron chi connectivity index (χ1n) is 10.3. The van der Waals surface area contributed by atoms with Crippen LogP contribution in [0.3, 0.4) is 0 Å². The van der Waals surface area contributed by atoms with Crippen LogP contribution >= 0.6 is 0 Å². The van der Waals surface area contributed by atoms with Gasteiger partial charge >= 0.3 is 0 Å². The van der Waals surface area contributed by atoms with E-state index in [0.29, 0.717) is 16.9 Å². The lowest BCUT2D eigenvalue weighted by Gasteiger charge is -2.13. The third kappa shape index (κ3) is 4.61. The first-order chi connectivity index (χ1) is 14.8. The van der Waals surface area contributed by atoms with Crippen molar-refractivity contribution in [2.45, 2.75) is 51.0 Å². The van der Waals surface area contributed by atoms with E-state index in [1.54, 1.807) is 31.2 Å². The van der Waals surface area contributed by atoms with Crippen LogP contribution in [0, 0.1) is 6.92 Å². The van der Waals surface area contributed by atoms with Crippen molar-refractivity contribution < 1.29 is 13.2 Å². The highest BCUT2D eigenvalue weighted by atomic mass is 32.2. The van der Waals surface area contributed by atoms with Gasteiger partial charge in [0.2, 0.25) is 5.91 Å². The van der Waals surface area contributed by atoms with Gasteiger partial charge in [0.05, 0.1) is 4.90 Å². The van der Waals surface area contributed by atoms with Crippen LogP contribution < -0.4 is 10.0 Å². The number of aryl methyl sites for hydroxylation is 2. The van der Waals surface area contributed by atoms with Gasteiger partial charge < -0.3 is 9.88 Å². The van der Waals surface area contributed by atoms with Gasteiger partial charge in [-0.2, -0.15) is 0 Å². The van der Waals surface area contributed by atoms with Crippen LogP contribution in [0.1, 0.15) is 37.6 Å². The van der Waals surface area contributed by atoms with Gasteiger partial charge in [-0.3, -0.25) is 9.52 Å². The second kappa shape index (κ2) is 8.50. The van der Waals surface area contributed by atoms with Crippen molar-refractivity contribution in [3.8, 4) is 11.4 Å². The SMILES string of the molecule is CC(=O)Nc1ccc(C)c(S(=O)(=O)Nc2ccc(-c3nnc4n3CCCCC4)cc2)c1. The Labute approximate surface area is 181 Å². The number of rotatable bonds is 5. The van der Waals surface area contributed by atoms with Crippen LogP contribution in [0.15, 0.2) is 47.4 Å². The predicted octanol–water partition coefficient (Wildman–Crippen LogP) is 3.74. The van der Waals surface area contributed by atoms with Crippen molar-refractivity contribution in [1.82, 2.24) is 14.8 Å². The zero-order valence-electron chi connectivity index (χ0n) is 17.6. The second-order valence-electron chi connectivity index (χ2n) is 7.75. The first-order valence-corrected chi connectivity index (χ1v) is 11.8. The van der Waals surface area contributed by atoms with Crippen molar-refractivity contribution in [2.75, 3.05) is 10.0 Å². The second-order valence-corrected chi connectivity index (χ2v) is 9.40. The van der Waals surface area contributed by atoms with Gasteiger partial charge in [-0.05, 0) is 61.7 Å². The molecule has 0 unspecified atom stereocenters. The molecule has 9 heteroatoms. The van der Waals surface area contributed by atoms with Gasteiger partial charge in [0.15, 0.2) is 5.82 Å². The average molecular weight is 440 g/mol. The molecule has 0 bridgehead atoms. The largest absolute Gasteiger partial charge is 0.326 e. The van der Waals surface area contributed by atoms with Crippen LogP contribution in [0.4, 0.5) is 11.4 Å². The molecule has 2 heterocycles. The minimum atomic E-state index is -3.82. The fourth-order valence-corrected chi connectivity index (χ4v) is 5.10. The molecule has 0 spiro atoms. The molecule has 0 saturated carbocycles. The Kier molecular flexibility index (Phi) is 5.77. The van der Waals surface area contributed by atoms with Crippen LogP contribution in [0.2, 0.25) is 0 Å². The molecule has 3 aromatic rings. The zero-order valence-corrected chi connectivity index (χ0v) is 18.4. The van der Waals surface area contributed by atoms with E-state index in [9.17, 15) is 13.2 Å². The molecular formula is C22H25N5O3S. The molecule has 1 aliphatic rings. The summed E-state index contributed by atoms with van der Waals surface area (Å²) in [5, 5.41) is 11.3. The average Bonchev–Trinajstić information content (AvgIpc) is 2.97. The smallest absolute Gasteiger partial charge is 0.262 e. The van der Waals surface area contributed by atoms with Crippen LogP contribution in [-0.4, -0.2) is 29.1 Å². The maximum absolute atomic E-state index is 13.0. The van der Waals surface area contributed by atoms with Crippen molar-refractivity contribution in [3.63, 3.8) is 0 Å². The highest BCUT2D eigenvalue weighted by Gasteiger charge is 2.19. The highest BCUT2D eigenvalue weighted by molar-refractivity contribution is 7.92. The van der Waals surface area contributed by atoms with Crippen molar-refractivity contribution >= 4 is 27.3 Å². The maximum atomic E-state index is 13.0. The minimum Gasteiger partial charge on any atom is -0.326 e. The van der Waals surface area contributed by atoms with Gasteiger partial charge in [0, 0.05) is 36.8 Å². The number of aromatic nitrogens is 3. The summed E-state index contributed by atoms with van der Waals surface area (Å²) in [4.78, 5) is 11.4. The molecule has 0 radical (unpaired) electrons. The Hall–Kier alpha value is -3.20. The number of carbonyl (C=O) groups excluding carboxylic acids is 1. The van der Waals surface area contributed by atoms with E-state index in [1.807, 2.05) is 12.1 Å². The monoisotopic (exact) mass is 439 g/mol. The molecule has 0 aliphatic carbocycles. The zero-order chi connectivity index (χ0) is 22.0. The molecular weight excluding hydrogens is 414 g/mol. The normalized spacial score (nSPS) is 13.9. The summed E-state index contributed by atoms with van der Waals surface area (Å²) in [6.07, 6.45) is 4.35. The maximum Gasteiger partial charge on any atom is 0.262 e. The molecule has 1 amide bonds. The number of benzene rings is 2. The van der Waals surface area contributed by atoms with Gasteiger partial charge in [-0.25, -0.2) is 8.42 Å². The number of amides is 1. The molecule has 1 aliphatic heterocycles. The van der Waals surface area contributed by atoms with E-state index in [-0.39, 0.29) is 10.8 Å². The summed E-state index contributed by atoms with van der Waals surface area (Å²) in [6, 6.07) is 11.9. The van der Waals surface area contributed by atoms with Gasteiger partial charge in [0.1, 0.15) is 5.82 Å². The molecule has 0 saturated heterocycles. The van der Waals surface area contributed by atoms with Crippen molar-refractivity contribution in [2.24, 2.45) is 0 Å². The van der Waals surface area contributed by atoms with E-state index in [4.69, 9.17) is 0 Å². The summed E-state index contributed by atoms with van der Waals surface area (Å²) in [5.41, 5.74) is 2.36. The molecule has 31 heavy (non-hydrogen) atoms. The Balaban J connectivity index is 1.57. The summed E-state index contributed by atoms with van der Waals surface area (Å²) < 4.78 is 30.7. The van der Waals surface area contributed by atoms with Crippen molar-refractivity contribution in [1.29, 1.82) is 0 Å². The lowest BCUT2D eigenvalue weighted by atomic mass is 10.2. The van der Waals surface area contributed by atoms with Crippen molar-refractivity contribution in [3.05, 3.63) is 53.9 Å². The minimum absolute atomic E-state index is 0.116. The third-order valence-electron chi connectivity index (χ3n) is 5.30. The summed E-state index contributed by atoms with van der Waals surface area (Å²) in [5.74, 6) is 1.55. The quantitative estimate of drug-likeness (QED) is 0.630. The molecule has 2 N–H and O–H groups in total. The molecule has 162 valence electrons. The van der Waals surface area contributed by atoms with E-state index < -0.39 is 10.0 Å². The van der Waals surface area contributed by atoms with Gasteiger partial charge in [-0.15, -0.1) is 10.2 Å². The van der Waals surface area contributed by atoms with Gasteiger partial charge in [-0.1, -0.05) is 12.5 Å². The lowest BCUT2D eigenvalue weighted by molar-refractivity contribution is -0.114. The van der Waals surface area contributed by atoms with E-state index in [2.05, 4.69) is 24.8 Å². The number of nitrogens with one attached hydrogen (secondary N) is 2. The Morgan fingerprint density at radius 3 is 2.48 bits per heavy atom. The molecule has 0 atom stereocenters. The van der Waals surface area contributed by atoms with E-state index >= 15 is 0 Å². The fraction of sp³-hybridized carbons (Fsp3) is 0.318. The molecule has 8 nitrogen and oxygen atoms in total. The Morgan fingerprint density at radius 1 is 1.00 bits per heavy atom. The number of nitrogens with zero attached hydrogens (tertiary/aromatic N) is 3. The summed E-state index contributed by atoms with van der Waals surface area (Å²) in [7, 11) is -3.82. The number of carbonyl (C=O) groups is 1. The lowest BCUT2D eigenvalue weighted by Crippen LogP contribution is -2.15. The summed E-state index contributed by atoms with van der Waals surface area (Å²) >= 11 is 0. The van der Waals surface area contributed by atoms with Crippen LogP contribution in [-0.2, 0) is 27.8 Å². The number of anilines is 2. The van der Waals surface area contributed by atoms with E-state index in [0.717, 1.165) is 43.0 Å². The number of hydrogen-bond donors (Lipinski definition) is 2. The summed E-state index contributed by atoms with van der Waals surface area (Å²) in [6.45, 7) is 3.99. The standard InChI is InChI=1S/C22H25N5O3S/c1-15-7-10-19(23-16(2)28)14-20(15)31(29,30)26-18-11-8-17(9-12-18)22-25-24-21-6-4-3-5-13-27(21)22/h7-12,14,26H,3-6,13H2,1-2H3,(H,23,28). The predicted molar refractivity (Wildman–Crippen MR) is 119 cm³/mol. The number of sulfonamides is 1. The molecule has 1 aromatic heterocycles. The number of fused-ring (bicyclic) bond motifs is 1. The topological polar surface area (TPSA) is 106 Å². The van der Waals surface area contributed by atoms with Crippen LogP contribution in [0.25, 0.3) is 11.4 Å². The Bertz CT molecular complexity index is 1220. The highest BCUT2D eigenvalue weighted by Crippen LogP contribution is 2.26. The molecule has 0 fully saturated rings. The molecule has 2 aromatic carbocycles. The number of hydrogen-bond acceptors (Lipinski definition) is 5. The Morgan fingerprint density at radius 2 is 1.74 bits per heavy atom. The third-order valence-corrected chi connectivity index (χ3v) is 6.83. The van der Waals surface area contributed by atoms with Gasteiger partial charge in [0.25, 0.3) is 10.0 Å². The fourth-order valence-electron chi connectivity index (χ4n) is 3.77. The molecule has 4 rings (SSSR count). The van der Waals surface area contributed by atoms with E-state index in [1.165, 1.54) is 19.4 Å².